The number of likely N-dealkylation sites (tertiary alicyclic amines) is 4. The number of alkyl halides is 3. The predicted molar refractivity (Wildman–Crippen MR) is 512 cm³/mol. The molecule has 4 saturated carbocycles. The van der Waals surface area contributed by atoms with Crippen molar-refractivity contribution >= 4 is 118 Å². The number of sulfonamides is 3. The van der Waals surface area contributed by atoms with E-state index in [1.807, 2.05) is 47.4 Å². The lowest BCUT2D eigenvalue weighted by Crippen LogP contribution is -2.48. The number of amides is 8. The summed E-state index contributed by atoms with van der Waals surface area (Å²) in [6, 6.07) is 27.8. The molecule has 0 bridgehead atoms. The van der Waals surface area contributed by atoms with Gasteiger partial charge in [-0.3, -0.25) is 90.8 Å². The Morgan fingerprint density at radius 2 is 0.679 bits per heavy atom. The van der Waals surface area contributed by atoms with Gasteiger partial charge in [0, 0.05) is 144 Å². The number of piperidine rings is 4. The third-order valence-corrected chi connectivity index (χ3v) is 27.7. The normalized spacial score (nSPS) is 18.0. The van der Waals surface area contributed by atoms with Gasteiger partial charge in [0.1, 0.15) is 50.2 Å². The van der Waals surface area contributed by atoms with E-state index in [1.54, 1.807) is 73.6 Å². The molecule has 0 unspecified atom stereocenters. The lowest BCUT2D eigenvalue weighted by molar-refractivity contribution is -0.275. The van der Waals surface area contributed by atoms with Crippen LogP contribution in [0.5, 0.6) is 5.75 Å². The maximum absolute atomic E-state index is 12.8. The lowest BCUT2D eigenvalue weighted by atomic mass is 9.87. The second-order valence-electron chi connectivity index (χ2n) is 37.0. The third-order valence-electron chi connectivity index (χ3n) is 25.9. The molecular weight excluding hydrogens is 1880 g/mol. The van der Waals surface area contributed by atoms with Crippen LogP contribution in [0.2, 0.25) is 0 Å². The molecule has 744 valence electrons. The monoisotopic (exact) mass is 1990 g/mol. The zero-order valence-electron chi connectivity index (χ0n) is 77.4. The summed E-state index contributed by atoms with van der Waals surface area (Å²) in [5.41, 5.74) is 24.9. The first-order chi connectivity index (χ1) is 66.4. The molecule has 140 heavy (non-hydrogen) atoms. The Bertz CT molecular complexity index is 6490. The quantitative estimate of drug-likeness (QED) is 0.0168. The first-order valence-electron chi connectivity index (χ1n) is 45.5. The fraction of sp³-hybridized carbons (Fsp3) is 0.478. The van der Waals surface area contributed by atoms with Gasteiger partial charge in [-0.15, -0.1) is 13.2 Å². The number of halogens is 3. The maximum atomic E-state index is 12.8. The molecular formula is C92H112F3N27O15S3. The molecule has 4 aliphatic heterocycles. The Morgan fingerprint density at radius 1 is 0.386 bits per heavy atom. The number of carbonyl (C=O) groups excluding carboxylic acids is 8. The number of hydrogen-bond donors (Lipinski definition) is 11. The summed E-state index contributed by atoms with van der Waals surface area (Å²) in [7, 11) is -10.1. The van der Waals surface area contributed by atoms with Crippen molar-refractivity contribution in [1.82, 2.24) is 58.7 Å². The van der Waals surface area contributed by atoms with Gasteiger partial charge in [-0.2, -0.15) is 20.4 Å². The van der Waals surface area contributed by atoms with Crippen molar-refractivity contribution in [1.29, 1.82) is 0 Å². The molecule has 4 aromatic carbocycles. The fourth-order valence-electron chi connectivity index (χ4n) is 17.4. The van der Waals surface area contributed by atoms with Gasteiger partial charge in [0.15, 0.2) is 23.3 Å². The summed E-state index contributed by atoms with van der Waals surface area (Å²) >= 11 is 0. The van der Waals surface area contributed by atoms with E-state index in [-0.39, 0.29) is 131 Å². The van der Waals surface area contributed by atoms with E-state index < -0.39 is 82.2 Å². The molecule has 8 heterocycles. The van der Waals surface area contributed by atoms with Crippen LogP contribution in [0.15, 0.2) is 122 Å². The van der Waals surface area contributed by atoms with Crippen LogP contribution in [-0.4, -0.2) is 235 Å². The van der Waals surface area contributed by atoms with Crippen LogP contribution in [0.1, 0.15) is 166 Å². The molecule has 15 N–H and O–H groups in total. The smallest absolute Gasteiger partial charge is 0.405 e. The Hall–Kier alpha value is -13.9. The van der Waals surface area contributed by atoms with Crippen LogP contribution in [0.3, 0.4) is 0 Å². The molecule has 48 heteroatoms. The average Bonchev–Trinajstić information content (AvgIpc) is 1.63. The van der Waals surface area contributed by atoms with Crippen LogP contribution in [0.25, 0.3) is 19.4 Å². The van der Waals surface area contributed by atoms with E-state index in [0.29, 0.717) is 146 Å². The van der Waals surface area contributed by atoms with Gasteiger partial charge in [-0.1, -0.05) is 60.7 Å². The number of hydrogen-bond acceptors (Lipinski definition) is 23. The number of nitrogens with two attached hydrogens (primary N) is 4. The Balaban J connectivity index is 0.000000157. The average molecular weight is 1990 g/mol. The molecule has 8 amide bonds. The predicted octanol–water partition coefficient (Wildman–Crippen LogP) is 7.98. The summed E-state index contributed by atoms with van der Waals surface area (Å²) in [4.78, 5) is 120. The van der Waals surface area contributed by atoms with Gasteiger partial charge in [0.05, 0.1) is 24.5 Å². The number of nitrogens with zero attached hydrogens (tertiary/aromatic N) is 16. The standard InChI is InChI=1S/C23H25F3N6O3.3C23H29N7O4S/c1-28-14-22(32-13-17(19(27)33)20(30-32)29-21(34)15-6-7-15)8-10-31(11-9-22)12-16-4-2-3-5-18(16)35-23(24,25)26;1-25-15-23(30-14-19(20(24)31)21(27-30)26-22(32)17-5-6-17)9-11-29(12-10-23)13-16-3-7-18(8-4-16)28-35(2,33)34;1-25-15-23(30-14-19(20(24)31)21(27-30)26-22(32)17-6-7-17)8-10-29(11-9-23)13-16-4-3-5-18(12-16)28-35(2,33)34;1-25-15-23(30-14-18(20(24)31)21(27-30)26-22(32)16-7-8-16)9-11-29(12-10-23)13-17-5-3-4-6-19(17)28-35(2,33)34/h2-5,13,15H,6-12,14H2,(H2,27,33)(H,29,30,34);3-4,7-8,14,17,28H,5-6,9-13,15H2,2H3,(H2,24,31)(H,26,27,32);3-5,12,14,17,28H,6-11,13,15H2,2H3,(H2,24,31)(H,26,27,32);3-6,14,16,28H,7-13,15H2,2H3,(H2,24,31)(H,26,27,32). The Labute approximate surface area is 808 Å². The number of para-hydroxylation sites is 2. The van der Waals surface area contributed by atoms with Gasteiger partial charge < -0.3 is 68.3 Å². The number of ether oxygens (including phenoxy) is 1. The molecule has 0 spiro atoms. The van der Waals surface area contributed by atoms with E-state index in [4.69, 9.17) is 49.2 Å². The molecule has 4 aromatic heterocycles. The highest BCUT2D eigenvalue weighted by Gasteiger charge is 2.48. The van der Waals surface area contributed by atoms with Crippen LogP contribution >= 0.6 is 0 Å². The largest absolute Gasteiger partial charge is 0.573 e. The second kappa shape index (κ2) is 43.7. The van der Waals surface area contributed by atoms with Crippen molar-refractivity contribution in [2.75, 3.05) is 133 Å². The van der Waals surface area contributed by atoms with Crippen molar-refractivity contribution in [3.05, 3.63) is 212 Å². The first kappa shape index (κ1) is 103. The van der Waals surface area contributed by atoms with Gasteiger partial charge in [-0.05, 0) is 156 Å². The molecule has 8 aromatic rings. The number of anilines is 7. The summed E-state index contributed by atoms with van der Waals surface area (Å²) in [5.74, 6) is -3.45. The molecule has 4 aliphatic carbocycles. The van der Waals surface area contributed by atoms with E-state index in [2.05, 4.69) is 94.6 Å². The van der Waals surface area contributed by atoms with E-state index in [0.717, 1.165) is 86.8 Å². The Morgan fingerprint density at radius 3 is 0.986 bits per heavy atom. The van der Waals surface area contributed by atoms with Crippen LogP contribution < -0.4 is 63.1 Å². The molecule has 8 aliphatic rings. The maximum Gasteiger partial charge on any atom is 0.573 e. The molecule has 8 fully saturated rings. The number of aromatic nitrogens is 8. The molecule has 42 nitrogen and oxygen atoms in total. The first-order valence-corrected chi connectivity index (χ1v) is 51.1. The van der Waals surface area contributed by atoms with Crippen molar-refractivity contribution in [2.45, 2.75) is 157 Å². The zero-order chi connectivity index (χ0) is 101. The highest BCUT2D eigenvalue weighted by Crippen LogP contribution is 2.42. The minimum atomic E-state index is -4.78. The number of rotatable bonds is 35. The number of benzene rings is 4. The van der Waals surface area contributed by atoms with Crippen LogP contribution in [-0.2, 0) is 97.6 Å². The van der Waals surface area contributed by atoms with Gasteiger partial charge in [-0.25, -0.2) is 51.5 Å². The zero-order valence-corrected chi connectivity index (χ0v) is 79.9. The van der Waals surface area contributed by atoms with Crippen molar-refractivity contribution in [3.8, 4) is 5.75 Å². The van der Waals surface area contributed by atoms with Crippen LogP contribution in [0, 0.1) is 50.0 Å². The van der Waals surface area contributed by atoms with Crippen molar-refractivity contribution in [2.24, 2.45) is 46.6 Å². The van der Waals surface area contributed by atoms with Crippen molar-refractivity contribution in [3.63, 3.8) is 0 Å². The number of primary amides is 4. The van der Waals surface area contributed by atoms with E-state index in [9.17, 15) is 76.8 Å². The summed E-state index contributed by atoms with van der Waals surface area (Å²) in [6.07, 6.45) is 15.8. The SMILES string of the molecule is [C-]#[N+]CC1(n2cc(C(N)=O)c(NC(=O)C3CC3)n2)CCN(Cc2ccc(NS(C)(=O)=O)cc2)CC1.[C-]#[N+]CC1(n2cc(C(N)=O)c(NC(=O)C3CC3)n2)CCN(Cc2cccc(NS(C)(=O)=O)c2)CC1.[C-]#[N+]CC1(n2cc(C(N)=O)c(NC(=O)C3CC3)n2)CCN(Cc2ccccc2NS(C)(=O)=O)CC1.[C-]#[N+]CC1(n2cc(C(N)=O)c(NC(=O)C3CC3)n2)CCN(Cc2ccccc2OC(F)(F)F)CC1. The third kappa shape index (κ3) is 27.8. The topological polar surface area (TPSA) is 538 Å². The highest BCUT2D eigenvalue weighted by molar-refractivity contribution is 7.92. The number of carbonyl (C=O) groups is 8. The highest BCUT2D eigenvalue weighted by atomic mass is 32.2. The van der Waals surface area contributed by atoms with E-state index in [1.165, 1.54) is 24.5 Å². The lowest BCUT2D eigenvalue weighted by Gasteiger charge is -2.39. The molecule has 0 atom stereocenters. The van der Waals surface area contributed by atoms with E-state index >= 15 is 0 Å². The molecule has 4 saturated heterocycles. The summed E-state index contributed by atoms with van der Waals surface area (Å²) < 4.78 is 126. The fourth-order valence-corrected chi connectivity index (χ4v) is 19.1. The summed E-state index contributed by atoms with van der Waals surface area (Å²) in [6.45, 7) is 37.7. The minimum absolute atomic E-state index is 0.0439. The summed E-state index contributed by atoms with van der Waals surface area (Å²) in [5, 5.41) is 28.8. The molecule has 16 rings (SSSR count). The second-order valence-corrected chi connectivity index (χ2v) is 42.2. The van der Waals surface area contributed by atoms with Gasteiger partial charge in [0.25, 0.3) is 23.6 Å². The van der Waals surface area contributed by atoms with Crippen molar-refractivity contribution < 1.29 is 81.5 Å². The Kier molecular flexibility index (Phi) is 32.3. The van der Waals surface area contributed by atoms with Gasteiger partial charge >= 0.3 is 6.36 Å². The molecule has 0 radical (unpaired) electrons. The number of nitrogens with one attached hydrogen (secondary N) is 7. The van der Waals surface area contributed by atoms with Gasteiger partial charge in [0.2, 0.25) is 79.9 Å². The van der Waals surface area contributed by atoms with Crippen LogP contribution in [0.4, 0.5) is 53.5 Å². The minimum Gasteiger partial charge on any atom is -0.405 e.